The quantitative estimate of drug-likeness (QED) is 0.660. The van der Waals surface area contributed by atoms with Crippen molar-refractivity contribution in [3.63, 3.8) is 0 Å². The van der Waals surface area contributed by atoms with E-state index in [0.717, 1.165) is 6.54 Å². The Morgan fingerprint density at radius 1 is 1.00 bits per heavy atom. The van der Waals surface area contributed by atoms with E-state index in [9.17, 15) is 0 Å². The Balaban J connectivity index is 0. The minimum Gasteiger partial charge on any atom is -0.330 e. The predicted molar refractivity (Wildman–Crippen MR) is 54.2 cm³/mol. The fourth-order valence-corrected chi connectivity index (χ4v) is 0.976. The van der Waals surface area contributed by atoms with Crippen LogP contribution in [0.25, 0.3) is 0 Å². The monoisotopic (exact) mass is 179 g/mol. The Hall–Kier alpha value is 0.250. The van der Waals surface area contributed by atoms with Gasteiger partial charge in [-0.2, -0.15) is 0 Å². The zero-order valence-corrected chi connectivity index (χ0v) is 8.84. The van der Waals surface area contributed by atoms with Crippen molar-refractivity contribution >= 4 is 12.4 Å². The molecular weight excluding hydrogens is 158 g/mol. The first-order valence-electron chi connectivity index (χ1n) is 4.26. The van der Waals surface area contributed by atoms with Gasteiger partial charge >= 0.3 is 0 Å². The Kier molecular flexibility index (Phi) is 8.70. The summed E-state index contributed by atoms with van der Waals surface area (Å²) >= 11 is 0. The van der Waals surface area contributed by atoms with E-state index in [-0.39, 0.29) is 12.4 Å². The lowest BCUT2D eigenvalue weighted by molar-refractivity contribution is 0.358. The van der Waals surface area contributed by atoms with Crippen LogP contribution in [-0.4, -0.2) is 6.54 Å². The van der Waals surface area contributed by atoms with Crippen LogP contribution in [0.15, 0.2) is 0 Å². The van der Waals surface area contributed by atoms with E-state index in [0.29, 0.717) is 5.41 Å². The number of halogens is 1. The molecule has 0 saturated heterocycles. The van der Waals surface area contributed by atoms with Gasteiger partial charge in [-0.1, -0.05) is 33.6 Å². The molecular formula is C9H22ClN. The van der Waals surface area contributed by atoms with Gasteiger partial charge in [-0.15, -0.1) is 12.4 Å². The van der Waals surface area contributed by atoms with Crippen molar-refractivity contribution in [2.24, 2.45) is 11.1 Å². The first kappa shape index (κ1) is 13.8. The molecule has 0 aliphatic heterocycles. The van der Waals surface area contributed by atoms with Crippen molar-refractivity contribution in [2.45, 2.75) is 46.5 Å². The van der Waals surface area contributed by atoms with Crippen molar-refractivity contribution < 1.29 is 0 Å². The van der Waals surface area contributed by atoms with Gasteiger partial charge < -0.3 is 5.73 Å². The second kappa shape index (κ2) is 6.93. The maximum Gasteiger partial charge on any atom is -0.00773 e. The molecule has 0 aromatic rings. The van der Waals surface area contributed by atoms with Crippen molar-refractivity contribution in [3.05, 3.63) is 0 Å². The SMILES string of the molecule is CC(C)(C)CCCCCN.Cl. The molecule has 11 heavy (non-hydrogen) atoms. The highest BCUT2D eigenvalue weighted by atomic mass is 35.5. The van der Waals surface area contributed by atoms with E-state index in [1.54, 1.807) is 0 Å². The smallest absolute Gasteiger partial charge is 0.00773 e. The summed E-state index contributed by atoms with van der Waals surface area (Å²) in [4.78, 5) is 0. The number of nitrogens with two attached hydrogens (primary N) is 1. The highest BCUT2D eigenvalue weighted by molar-refractivity contribution is 5.85. The Morgan fingerprint density at radius 2 is 1.55 bits per heavy atom. The molecule has 0 saturated carbocycles. The minimum atomic E-state index is 0. The van der Waals surface area contributed by atoms with Crippen LogP contribution in [0.3, 0.4) is 0 Å². The van der Waals surface area contributed by atoms with E-state index in [1.165, 1.54) is 25.7 Å². The van der Waals surface area contributed by atoms with Gasteiger partial charge in [0.1, 0.15) is 0 Å². The highest BCUT2D eigenvalue weighted by Gasteiger charge is 2.08. The van der Waals surface area contributed by atoms with E-state index >= 15 is 0 Å². The third-order valence-corrected chi connectivity index (χ3v) is 1.63. The lowest BCUT2D eigenvalue weighted by atomic mass is 9.89. The van der Waals surface area contributed by atoms with Crippen molar-refractivity contribution in [1.82, 2.24) is 0 Å². The molecule has 0 radical (unpaired) electrons. The molecule has 0 fully saturated rings. The molecule has 70 valence electrons. The molecule has 2 heteroatoms. The van der Waals surface area contributed by atoms with Gasteiger partial charge in [0, 0.05) is 0 Å². The lowest BCUT2D eigenvalue weighted by Crippen LogP contribution is -2.05. The number of unbranched alkanes of at least 4 members (excludes halogenated alkanes) is 2. The van der Waals surface area contributed by atoms with Crippen LogP contribution in [0.5, 0.6) is 0 Å². The molecule has 0 unspecified atom stereocenters. The molecule has 0 aliphatic rings. The summed E-state index contributed by atoms with van der Waals surface area (Å²) in [6.07, 6.45) is 5.15. The molecule has 0 aromatic heterocycles. The van der Waals surface area contributed by atoms with E-state index in [1.807, 2.05) is 0 Å². The Bertz CT molecular complexity index is 76.1. The van der Waals surface area contributed by atoms with E-state index in [4.69, 9.17) is 5.73 Å². The highest BCUT2D eigenvalue weighted by Crippen LogP contribution is 2.21. The van der Waals surface area contributed by atoms with Crippen LogP contribution in [0.2, 0.25) is 0 Å². The molecule has 2 N–H and O–H groups in total. The molecule has 0 atom stereocenters. The normalized spacial score (nSPS) is 10.9. The van der Waals surface area contributed by atoms with Gasteiger partial charge in [0.15, 0.2) is 0 Å². The average molecular weight is 180 g/mol. The molecule has 0 aliphatic carbocycles. The molecule has 0 bridgehead atoms. The maximum absolute atomic E-state index is 5.38. The van der Waals surface area contributed by atoms with Crippen LogP contribution >= 0.6 is 12.4 Å². The van der Waals surface area contributed by atoms with Crippen molar-refractivity contribution in [2.75, 3.05) is 6.54 Å². The molecule has 1 nitrogen and oxygen atoms in total. The van der Waals surface area contributed by atoms with Gasteiger partial charge in [-0.25, -0.2) is 0 Å². The van der Waals surface area contributed by atoms with Crippen LogP contribution in [0.4, 0.5) is 0 Å². The average Bonchev–Trinajstić information content (AvgIpc) is 1.78. The van der Waals surface area contributed by atoms with Crippen LogP contribution in [0, 0.1) is 5.41 Å². The third kappa shape index (κ3) is 13.3. The van der Waals surface area contributed by atoms with Crippen LogP contribution < -0.4 is 5.73 Å². The first-order chi connectivity index (χ1) is 4.56. The first-order valence-corrected chi connectivity index (χ1v) is 4.26. The van der Waals surface area contributed by atoms with Gasteiger partial charge in [-0.05, 0) is 24.8 Å². The fourth-order valence-electron chi connectivity index (χ4n) is 0.976. The van der Waals surface area contributed by atoms with Crippen LogP contribution in [0.1, 0.15) is 46.5 Å². The Morgan fingerprint density at radius 3 is 1.91 bits per heavy atom. The van der Waals surface area contributed by atoms with Crippen LogP contribution in [-0.2, 0) is 0 Å². The topological polar surface area (TPSA) is 26.0 Å². The standard InChI is InChI=1S/C9H21N.ClH/c1-9(2,3)7-5-4-6-8-10;/h4-8,10H2,1-3H3;1H. The van der Waals surface area contributed by atoms with Gasteiger partial charge in [0.2, 0.25) is 0 Å². The molecule has 0 spiro atoms. The van der Waals surface area contributed by atoms with E-state index < -0.39 is 0 Å². The zero-order chi connectivity index (χ0) is 8.04. The van der Waals surface area contributed by atoms with E-state index in [2.05, 4.69) is 20.8 Å². The minimum absolute atomic E-state index is 0. The predicted octanol–water partition coefficient (Wildman–Crippen LogP) is 2.97. The third-order valence-electron chi connectivity index (χ3n) is 1.63. The fraction of sp³-hybridized carbons (Fsp3) is 1.00. The zero-order valence-electron chi connectivity index (χ0n) is 8.02. The summed E-state index contributed by atoms with van der Waals surface area (Å²) in [5, 5.41) is 0. The molecule has 0 amide bonds. The molecule has 0 heterocycles. The molecule has 0 aromatic carbocycles. The maximum atomic E-state index is 5.38. The summed E-state index contributed by atoms with van der Waals surface area (Å²) < 4.78 is 0. The van der Waals surface area contributed by atoms with Gasteiger partial charge in [0.25, 0.3) is 0 Å². The summed E-state index contributed by atoms with van der Waals surface area (Å²) in [7, 11) is 0. The lowest BCUT2D eigenvalue weighted by Gasteiger charge is -2.17. The van der Waals surface area contributed by atoms with Crippen molar-refractivity contribution in [3.8, 4) is 0 Å². The Labute approximate surface area is 77.2 Å². The number of rotatable bonds is 4. The second-order valence-electron chi connectivity index (χ2n) is 4.16. The number of hydrogen-bond acceptors (Lipinski definition) is 1. The number of hydrogen-bond donors (Lipinski definition) is 1. The summed E-state index contributed by atoms with van der Waals surface area (Å²) in [6, 6.07) is 0. The van der Waals surface area contributed by atoms with Crippen molar-refractivity contribution in [1.29, 1.82) is 0 Å². The second-order valence-corrected chi connectivity index (χ2v) is 4.16. The molecule has 0 rings (SSSR count). The largest absolute Gasteiger partial charge is 0.330 e. The van der Waals surface area contributed by atoms with Gasteiger partial charge in [0.05, 0.1) is 0 Å². The van der Waals surface area contributed by atoms with Gasteiger partial charge in [-0.3, -0.25) is 0 Å². The summed E-state index contributed by atoms with van der Waals surface area (Å²) in [6.45, 7) is 7.71. The summed E-state index contributed by atoms with van der Waals surface area (Å²) in [5.41, 5.74) is 5.89. The summed E-state index contributed by atoms with van der Waals surface area (Å²) in [5.74, 6) is 0.